The van der Waals surface area contributed by atoms with Gasteiger partial charge in [-0.05, 0) is 25.3 Å². The van der Waals surface area contributed by atoms with Crippen molar-refractivity contribution in [3.8, 4) is 0 Å². The number of rotatable bonds is 8. The van der Waals surface area contributed by atoms with Crippen molar-refractivity contribution in [2.45, 2.75) is 33.8 Å². The van der Waals surface area contributed by atoms with Crippen LogP contribution in [-0.4, -0.2) is 42.6 Å². The van der Waals surface area contributed by atoms with Crippen molar-refractivity contribution >= 4 is 23.4 Å². The van der Waals surface area contributed by atoms with Gasteiger partial charge in [0.1, 0.15) is 12.0 Å². The summed E-state index contributed by atoms with van der Waals surface area (Å²) >= 11 is 5.16. The van der Waals surface area contributed by atoms with Crippen molar-refractivity contribution in [2.75, 3.05) is 25.7 Å². The van der Waals surface area contributed by atoms with Crippen LogP contribution in [0.25, 0.3) is 0 Å². The quantitative estimate of drug-likeness (QED) is 0.355. The molecule has 0 aliphatic rings. The molecule has 0 bridgehead atoms. The van der Waals surface area contributed by atoms with Gasteiger partial charge in [-0.3, -0.25) is 9.59 Å². The van der Waals surface area contributed by atoms with Crippen LogP contribution in [-0.2, 0) is 14.3 Å². The van der Waals surface area contributed by atoms with Crippen molar-refractivity contribution in [3.05, 3.63) is 71.8 Å². The van der Waals surface area contributed by atoms with Gasteiger partial charge in [-0.15, -0.1) is 11.6 Å². The molecule has 2 aromatic carbocycles. The van der Waals surface area contributed by atoms with E-state index in [2.05, 4.69) is 4.74 Å². The van der Waals surface area contributed by atoms with Crippen LogP contribution < -0.4 is 0 Å². The summed E-state index contributed by atoms with van der Waals surface area (Å²) in [6.07, 6.45) is -1.08. The second-order valence-corrected chi connectivity index (χ2v) is 6.80. The highest BCUT2D eigenvalue weighted by Crippen LogP contribution is 2.17. The number of ether oxygens (including phenoxy) is 2. The van der Waals surface area contributed by atoms with Gasteiger partial charge in [0.05, 0.1) is 6.61 Å². The third-order valence-electron chi connectivity index (χ3n) is 3.52. The normalized spacial score (nSPS) is 10.8. The van der Waals surface area contributed by atoms with Crippen molar-refractivity contribution in [1.82, 2.24) is 0 Å². The average Bonchev–Trinajstić information content (AvgIpc) is 2.79. The zero-order chi connectivity index (χ0) is 22.8. The number of aliphatic hydroxyl groups excluding tert-OH is 1. The van der Waals surface area contributed by atoms with Crippen LogP contribution in [0.2, 0.25) is 0 Å². The fourth-order valence-corrected chi connectivity index (χ4v) is 2.13. The smallest absolute Gasteiger partial charge is 0.320 e. The fraction of sp³-hybridized carbons (Fsp3) is 0.417. The van der Waals surface area contributed by atoms with Crippen LogP contribution >= 0.6 is 11.6 Å². The van der Waals surface area contributed by atoms with Gasteiger partial charge in [0, 0.05) is 18.8 Å². The third-order valence-corrected chi connectivity index (χ3v) is 3.74. The Morgan fingerprint density at radius 1 is 0.933 bits per heavy atom. The van der Waals surface area contributed by atoms with E-state index < -0.39 is 6.10 Å². The van der Waals surface area contributed by atoms with Crippen LogP contribution in [0, 0.1) is 5.92 Å². The van der Waals surface area contributed by atoms with E-state index in [-0.39, 0.29) is 17.6 Å². The lowest BCUT2D eigenvalue weighted by molar-refractivity contribution is -0.141. The zero-order valence-corrected chi connectivity index (χ0v) is 19.0. The molecule has 1 atom stereocenters. The summed E-state index contributed by atoms with van der Waals surface area (Å²) in [5, 5.41) is 9.89. The standard InChI is InChI=1S/C14H12O2.C6H11ClO2.C4H10O/c15-13(11-7-3-1-4-8-11)14(16)12-9-5-2-6-10-12;1-5(2)4-9-6(8)3-7;1-3-5-4-2/h1-10,13,15H;5H,3-4H2,1-2H3;3-4H2,1-2H3. The first-order valence-electron chi connectivity index (χ1n) is 9.98. The topological polar surface area (TPSA) is 72.8 Å². The summed E-state index contributed by atoms with van der Waals surface area (Å²) < 4.78 is 9.52. The predicted octanol–water partition coefficient (Wildman–Crippen LogP) is 5.07. The van der Waals surface area contributed by atoms with E-state index in [1.807, 2.05) is 39.8 Å². The lowest BCUT2D eigenvalue weighted by Crippen LogP contribution is -2.11. The molecule has 1 unspecified atom stereocenters. The zero-order valence-electron chi connectivity index (χ0n) is 18.2. The molecule has 0 spiro atoms. The Morgan fingerprint density at radius 2 is 1.43 bits per heavy atom. The second-order valence-electron chi connectivity index (χ2n) is 6.54. The SMILES string of the molecule is CC(C)COC(=O)CCl.CCOCC.O=C(c1ccccc1)C(O)c1ccccc1. The molecule has 0 aliphatic carbocycles. The average molecular weight is 437 g/mol. The number of carbonyl (C=O) groups is 2. The van der Waals surface area contributed by atoms with E-state index in [0.29, 0.717) is 23.7 Å². The Hall–Kier alpha value is -2.21. The number of esters is 1. The van der Waals surface area contributed by atoms with Crippen molar-refractivity contribution in [2.24, 2.45) is 5.92 Å². The Bertz CT molecular complexity index is 687. The number of hydrogen-bond acceptors (Lipinski definition) is 5. The molecule has 0 aromatic heterocycles. The first kappa shape index (κ1) is 27.8. The summed E-state index contributed by atoms with van der Waals surface area (Å²) in [5.41, 5.74) is 1.15. The molecule has 30 heavy (non-hydrogen) atoms. The minimum atomic E-state index is -1.08. The van der Waals surface area contributed by atoms with Crippen molar-refractivity contribution in [3.63, 3.8) is 0 Å². The summed E-state index contributed by atoms with van der Waals surface area (Å²) in [5.74, 6) is -0.276. The number of ketones is 1. The minimum Gasteiger partial charge on any atom is -0.465 e. The molecule has 0 saturated heterocycles. The number of hydrogen-bond donors (Lipinski definition) is 1. The van der Waals surface area contributed by atoms with Crippen molar-refractivity contribution < 1.29 is 24.2 Å². The number of Topliss-reactive ketones (excluding diaryl/α,β-unsaturated/α-hetero) is 1. The van der Waals surface area contributed by atoms with E-state index >= 15 is 0 Å². The fourth-order valence-electron chi connectivity index (χ4n) is 2.05. The largest absolute Gasteiger partial charge is 0.465 e. The molecule has 2 aromatic rings. The molecule has 0 amide bonds. The van der Waals surface area contributed by atoms with Crippen LogP contribution in [0.5, 0.6) is 0 Å². The maximum atomic E-state index is 11.9. The Balaban J connectivity index is 0.000000509. The minimum absolute atomic E-state index is 0.0489. The number of carbonyl (C=O) groups excluding carboxylic acids is 2. The van der Waals surface area contributed by atoms with Gasteiger partial charge >= 0.3 is 5.97 Å². The predicted molar refractivity (Wildman–Crippen MR) is 121 cm³/mol. The Kier molecular flexibility index (Phi) is 16.3. The van der Waals surface area contributed by atoms with Gasteiger partial charge in [-0.2, -0.15) is 0 Å². The van der Waals surface area contributed by atoms with E-state index in [4.69, 9.17) is 16.3 Å². The maximum absolute atomic E-state index is 11.9. The van der Waals surface area contributed by atoms with Gasteiger partial charge in [0.2, 0.25) is 0 Å². The number of halogens is 1. The number of aliphatic hydroxyl groups is 1. The van der Waals surface area contributed by atoms with Gasteiger partial charge in [-0.25, -0.2) is 0 Å². The van der Waals surface area contributed by atoms with Crippen LogP contribution in [0.15, 0.2) is 60.7 Å². The monoisotopic (exact) mass is 436 g/mol. The molecule has 0 aliphatic heterocycles. The second kappa shape index (κ2) is 17.6. The number of benzene rings is 2. The molecule has 2 rings (SSSR count). The van der Waals surface area contributed by atoms with Gasteiger partial charge in [0.15, 0.2) is 5.78 Å². The Morgan fingerprint density at radius 3 is 1.83 bits per heavy atom. The molecule has 0 radical (unpaired) electrons. The molecule has 6 heteroatoms. The highest BCUT2D eigenvalue weighted by molar-refractivity contribution is 6.26. The summed E-state index contributed by atoms with van der Waals surface area (Å²) in [4.78, 5) is 22.3. The van der Waals surface area contributed by atoms with E-state index in [1.54, 1.807) is 48.5 Å². The summed E-state index contributed by atoms with van der Waals surface area (Å²) in [6.45, 7) is 10.1. The maximum Gasteiger partial charge on any atom is 0.320 e. The summed E-state index contributed by atoms with van der Waals surface area (Å²) in [7, 11) is 0. The summed E-state index contributed by atoms with van der Waals surface area (Å²) in [6, 6.07) is 17.7. The van der Waals surface area contributed by atoms with Crippen LogP contribution in [0.1, 0.15) is 49.7 Å². The Labute approximate surface area is 185 Å². The van der Waals surface area contributed by atoms with E-state index in [1.165, 1.54) is 0 Å². The van der Waals surface area contributed by atoms with Crippen LogP contribution in [0.4, 0.5) is 0 Å². The van der Waals surface area contributed by atoms with Gasteiger partial charge in [-0.1, -0.05) is 74.5 Å². The molecule has 0 saturated carbocycles. The van der Waals surface area contributed by atoms with Gasteiger partial charge in [0.25, 0.3) is 0 Å². The third kappa shape index (κ3) is 13.1. The molecule has 0 heterocycles. The highest BCUT2D eigenvalue weighted by Gasteiger charge is 2.18. The first-order valence-corrected chi connectivity index (χ1v) is 10.5. The number of alkyl halides is 1. The molecule has 1 N–H and O–H groups in total. The first-order chi connectivity index (χ1) is 14.4. The highest BCUT2D eigenvalue weighted by atomic mass is 35.5. The van der Waals surface area contributed by atoms with Gasteiger partial charge < -0.3 is 14.6 Å². The molecular formula is C24H33ClO5. The van der Waals surface area contributed by atoms with E-state index in [0.717, 1.165) is 13.2 Å². The van der Waals surface area contributed by atoms with Crippen LogP contribution in [0.3, 0.4) is 0 Å². The van der Waals surface area contributed by atoms with Crippen molar-refractivity contribution in [1.29, 1.82) is 0 Å². The van der Waals surface area contributed by atoms with E-state index in [9.17, 15) is 14.7 Å². The lowest BCUT2D eigenvalue weighted by atomic mass is 10.0. The molecule has 166 valence electrons. The lowest BCUT2D eigenvalue weighted by Gasteiger charge is -2.09. The molecule has 5 nitrogen and oxygen atoms in total. The molecule has 0 fully saturated rings. The molecular weight excluding hydrogens is 404 g/mol.